The fourth-order valence-electron chi connectivity index (χ4n) is 0.903. The first-order chi connectivity index (χ1) is 7.04. The van der Waals surface area contributed by atoms with Gasteiger partial charge in [0.15, 0.2) is 0 Å². The Labute approximate surface area is 89.9 Å². The predicted octanol–water partition coefficient (Wildman–Crippen LogP) is 2.04. The second kappa shape index (κ2) is 4.62. The van der Waals surface area contributed by atoms with Gasteiger partial charge < -0.3 is 10.4 Å². The van der Waals surface area contributed by atoms with Crippen molar-refractivity contribution in [3.8, 4) is 11.8 Å². The fourth-order valence-corrected chi connectivity index (χ4v) is 1.06. The number of hydrogen-bond donors (Lipinski definition) is 2. The number of halogens is 2. The number of nitrogens with zero attached hydrogens (tertiary/aromatic N) is 1. The van der Waals surface area contributed by atoms with Crippen molar-refractivity contribution in [1.29, 1.82) is 5.26 Å². The van der Waals surface area contributed by atoms with E-state index in [-0.39, 0.29) is 22.9 Å². The normalized spacial score (nSPS) is 9.40. The maximum atomic E-state index is 12.9. The number of carbonyl (C=O) groups is 1. The van der Waals surface area contributed by atoms with Crippen molar-refractivity contribution in [1.82, 2.24) is 0 Å². The molecule has 1 rings (SSSR count). The van der Waals surface area contributed by atoms with Gasteiger partial charge in [0.25, 0.3) is 0 Å². The molecule has 6 heteroatoms. The zero-order valence-corrected chi connectivity index (χ0v) is 8.18. The highest BCUT2D eigenvalue weighted by Crippen LogP contribution is 2.29. The van der Waals surface area contributed by atoms with E-state index in [2.05, 4.69) is 5.32 Å². The lowest BCUT2D eigenvalue weighted by Crippen LogP contribution is -2.10. The molecule has 0 fully saturated rings. The van der Waals surface area contributed by atoms with Crippen molar-refractivity contribution in [3.63, 3.8) is 0 Å². The van der Waals surface area contributed by atoms with Crippen molar-refractivity contribution in [2.24, 2.45) is 0 Å². The van der Waals surface area contributed by atoms with E-state index in [9.17, 15) is 14.3 Å². The molecule has 1 amide bonds. The van der Waals surface area contributed by atoms with Crippen LogP contribution in [-0.2, 0) is 4.79 Å². The summed E-state index contributed by atoms with van der Waals surface area (Å²) < 4.78 is 12.9. The molecule has 0 atom stereocenters. The van der Waals surface area contributed by atoms with Crippen LogP contribution < -0.4 is 5.32 Å². The third kappa shape index (κ3) is 2.82. The molecule has 15 heavy (non-hydrogen) atoms. The molecule has 0 spiro atoms. The monoisotopic (exact) mass is 228 g/mol. The average Bonchev–Trinajstić information content (AvgIpc) is 2.14. The van der Waals surface area contributed by atoms with Gasteiger partial charge in [-0.3, -0.25) is 4.79 Å². The Morgan fingerprint density at radius 3 is 2.93 bits per heavy atom. The maximum Gasteiger partial charge on any atom is 0.238 e. The van der Waals surface area contributed by atoms with Crippen LogP contribution in [0.25, 0.3) is 0 Å². The van der Waals surface area contributed by atoms with Crippen LogP contribution in [-0.4, -0.2) is 11.0 Å². The molecule has 0 radical (unpaired) electrons. The number of aromatic hydroxyl groups is 1. The molecule has 4 nitrogen and oxygen atoms in total. The number of phenols is 1. The van der Waals surface area contributed by atoms with Crippen LogP contribution in [0.5, 0.6) is 5.75 Å². The first-order valence-electron chi connectivity index (χ1n) is 3.89. The SMILES string of the molecule is N#CCC(=O)Nc1cc(F)c(Cl)cc1O. The predicted molar refractivity (Wildman–Crippen MR) is 51.9 cm³/mol. The molecule has 1 aromatic rings. The molecule has 0 aliphatic rings. The summed E-state index contributed by atoms with van der Waals surface area (Å²) in [5, 5.41) is 19.4. The number of hydrogen-bond acceptors (Lipinski definition) is 3. The molecule has 2 N–H and O–H groups in total. The van der Waals surface area contributed by atoms with Crippen LogP contribution in [0.15, 0.2) is 12.1 Å². The van der Waals surface area contributed by atoms with E-state index in [1.165, 1.54) is 0 Å². The Morgan fingerprint density at radius 1 is 1.67 bits per heavy atom. The van der Waals surface area contributed by atoms with Crippen molar-refractivity contribution >= 4 is 23.2 Å². The highest BCUT2D eigenvalue weighted by atomic mass is 35.5. The molecule has 78 valence electrons. The molecule has 0 saturated heterocycles. The number of amides is 1. The molecule has 0 aliphatic heterocycles. The van der Waals surface area contributed by atoms with Crippen LogP contribution in [0.3, 0.4) is 0 Å². The third-order valence-electron chi connectivity index (χ3n) is 1.55. The minimum absolute atomic E-state index is 0.114. The van der Waals surface area contributed by atoms with Crippen molar-refractivity contribution in [2.75, 3.05) is 5.32 Å². The molecular formula is C9H6ClFN2O2. The summed E-state index contributed by atoms with van der Waals surface area (Å²) in [5.74, 6) is -1.75. The fraction of sp³-hybridized carbons (Fsp3) is 0.111. The van der Waals surface area contributed by atoms with Crippen LogP contribution in [0.1, 0.15) is 6.42 Å². The lowest BCUT2D eigenvalue weighted by Gasteiger charge is -2.06. The summed E-state index contributed by atoms with van der Waals surface area (Å²) in [5.41, 5.74) is -0.114. The van der Waals surface area contributed by atoms with Crippen LogP contribution in [0, 0.1) is 17.1 Å². The van der Waals surface area contributed by atoms with Crippen LogP contribution >= 0.6 is 11.6 Å². The highest BCUT2D eigenvalue weighted by molar-refractivity contribution is 6.31. The zero-order chi connectivity index (χ0) is 11.4. The van der Waals surface area contributed by atoms with Crippen LogP contribution in [0.2, 0.25) is 5.02 Å². The third-order valence-corrected chi connectivity index (χ3v) is 1.84. The maximum absolute atomic E-state index is 12.9. The molecule has 1 aromatic carbocycles. The Balaban J connectivity index is 2.92. The Kier molecular flexibility index (Phi) is 3.47. The first kappa shape index (κ1) is 11.3. The molecule has 0 heterocycles. The van der Waals surface area contributed by atoms with E-state index in [4.69, 9.17) is 16.9 Å². The zero-order valence-electron chi connectivity index (χ0n) is 7.42. The summed E-state index contributed by atoms with van der Waals surface area (Å²) in [4.78, 5) is 11.0. The topological polar surface area (TPSA) is 73.1 Å². The molecule has 0 unspecified atom stereocenters. The van der Waals surface area contributed by atoms with Gasteiger partial charge >= 0.3 is 0 Å². The number of nitriles is 1. The number of benzene rings is 1. The minimum atomic E-state index is -0.762. The smallest absolute Gasteiger partial charge is 0.238 e. The van der Waals surface area contributed by atoms with Gasteiger partial charge in [0.05, 0.1) is 16.8 Å². The number of carbonyl (C=O) groups excluding carboxylic acids is 1. The van der Waals surface area contributed by atoms with Gasteiger partial charge in [0.1, 0.15) is 18.0 Å². The Bertz CT molecular complexity index is 442. The van der Waals surface area contributed by atoms with Gasteiger partial charge in [-0.25, -0.2) is 4.39 Å². The van der Waals surface area contributed by atoms with Gasteiger partial charge in [-0.05, 0) is 0 Å². The molecule has 0 bridgehead atoms. The van der Waals surface area contributed by atoms with Gasteiger partial charge in [-0.1, -0.05) is 11.6 Å². The lowest BCUT2D eigenvalue weighted by molar-refractivity contribution is -0.115. The summed E-state index contributed by atoms with van der Waals surface area (Å²) in [6, 6.07) is 3.47. The summed E-state index contributed by atoms with van der Waals surface area (Å²) in [6.07, 6.45) is -0.371. The van der Waals surface area contributed by atoms with E-state index in [1.807, 2.05) is 0 Å². The summed E-state index contributed by atoms with van der Waals surface area (Å²) >= 11 is 5.38. The quantitative estimate of drug-likeness (QED) is 0.761. The van der Waals surface area contributed by atoms with Crippen LogP contribution in [0.4, 0.5) is 10.1 Å². The Morgan fingerprint density at radius 2 is 2.33 bits per heavy atom. The molecule has 0 aromatic heterocycles. The van der Waals surface area contributed by atoms with E-state index in [1.54, 1.807) is 6.07 Å². The molecule has 0 aliphatic carbocycles. The lowest BCUT2D eigenvalue weighted by atomic mass is 10.2. The number of nitrogens with one attached hydrogen (secondary N) is 1. The van der Waals surface area contributed by atoms with Crippen molar-refractivity contribution < 1.29 is 14.3 Å². The number of rotatable bonds is 2. The van der Waals surface area contributed by atoms with E-state index < -0.39 is 11.7 Å². The first-order valence-corrected chi connectivity index (χ1v) is 4.27. The minimum Gasteiger partial charge on any atom is -0.506 e. The molecular weight excluding hydrogens is 223 g/mol. The van der Waals surface area contributed by atoms with Gasteiger partial charge in [-0.15, -0.1) is 0 Å². The van der Waals surface area contributed by atoms with Gasteiger partial charge in [-0.2, -0.15) is 5.26 Å². The second-order valence-corrected chi connectivity index (χ2v) is 3.07. The van der Waals surface area contributed by atoms with Gasteiger partial charge in [0.2, 0.25) is 5.91 Å². The highest BCUT2D eigenvalue weighted by Gasteiger charge is 2.10. The van der Waals surface area contributed by atoms with E-state index in [0.29, 0.717) is 0 Å². The Hall–Kier alpha value is -1.80. The van der Waals surface area contributed by atoms with Crippen molar-refractivity contribution in [3.05, 3.63) is 23.0 Å². The van der Waals surface area contributed by atoms with Crippen molar-refractivity contribution in [2.45, 2.75) is 6.42 Å². The largest absolute Gasteiger partial charge is 0.506 e. The second-order valence-electron chi connectivity index (χ2n) is 2.67. The number of phenolic OH excluding ortho intramolecular Hbond substituents is 1. The number of anilines is 1. The van der Waals surface area contributed by atoms with E-state index in [0.717, 1.165) is 12.1 Å². The summed E-state index contributed by atoms with van der Waals surface area (Å²) in [6.45, 7) is 0. The van der Waals surface area contributed by atoms with E-state index >= 15 is 0 Å². The summed E-state index contributed by atoms with van der Waals surface area (Å²) in [7, 11) is 0. The standard InChI is InChI=1S/C9H6ClFN2O2/c10-5-3-8(14)7(4-6(5)11)13-9(15)1-2-12/h3-4,14H,1H2,(H,13,15). The average molecular weight is 229 g/mol. The van der Waals surface area contributed by atoms with Gasteiger partial charge in [0, 0.05) is 12.1 Å². The molecule has 0 saturated carbocycles.